The maximum absolute atomic E-state index is 12.3. The zero-order valence-corrected chi connectivity index (χ0v) is 13.0. The Kier molecular flexibility index (Phi) is 4.68. The van der Waals surface area contributed by atoms with Crippen molar-refractivity contribution in [2.75, 3.05) is 13.2 Å². The number of fused-ring (bicyclic) bond motifs is 1. The van der Waals surface area contributed by atoms with Crippen LogP contribution in [0.25, 0.3) is 10.9 Å². The molecular weight excluding hydrogens is 264 g/mol. The van der Waals surface area contributed by atoms with E-state index in [0.717, 1.165) is 29.3 Å². The highest BCUT2D eigenvalue weighted by molar-refractivity contribution is 6.06. The van der Waals surface area contributed by atoms with Gasteiger partial charge in [0.15, 0.2) is 0 Å². The Labute approximate surface area is 125 Å². The van der Waals surface area contributed by atoms with Crippen LogP contribution in [0.4, 0.5) is 0 Å². The monoisotopic (exact) mass is 288 g/mol. The van der Waals surface area contributed by atoms with Crippen molar-refractivity contribution in [2.24, 2.45) is 12.5 Å². The molecule has 0 aliphatic rings. The van der Waals surface area contributed by atoms with Gasteiger partial charge in [-0.05, 0) is 36.5 Å². The molecule has 114 valence electrons. The van der Waals surface area contributed by atoms with Crippen molar-refractivity contribution < 1.29 is 9.90 Å². The number of aromatic nitrogens is 1. The molecule has 0 saturated carbocycles. The molecular formula is C17H24N2O2. The zero-order valence-electron chi connectivity index (χ0n) is 13.0. The topological polar surface area (TPSA) is 54.3 Å². The number of aryl methyl sites for hydroxylation is 1. The molecule has 4 heteroatoms. The Bertz CT molecular complexity index is 629. The molecule has 2 rings (SSSR count). The fourth-order valence-electron chi connectivity index (χ4n) is 2.44. The maximum Gasteiger partial charge on any atom is 0.251 e. The average molecular weight is 288 g/mol. The summed E-state index contributed by atoms with van der Waals surface area (Å²) in [6, 6.07) is 7.75. The van der Waals surface area contributed by atoms with Gasteiger partial charge in [0.2, 0.25) is 0 Å². The van der Waals surface area contributed by atoms with Crippen molar-refractivity contribution in [2.45, 2.75) is 26.7 Å². The maximum atomic E-state index is 12.3. The van der Waals surface area contributed by atoms with E-state index in [9.17, 15) is 9.90 Å². The van der Waals surface area contributed by atoms with Gasteiger partial charge in [0.25, 0.3) is 5.91 Å². The van der Waals surface area contributed by atoms with Crippen LogP contribution in [0, 0.1) is 5.41 Å². The van der Waals surface area contributed by atoms with E-state index in [2.05, 4.69) is 5.32 Å². The summed E-state index contributed by atoms with van der Waals surface area (Å²) in [7, 11) is 1.97. The van der Waals surface area contributed by atoms with E-state index in [1.807, 2.05) is 55.9 Å². The predicted octanol–water partition coefficient (Wildman–Crippen LogP) is 2.71. The van der Waals surface area contributed by atoms with Crippen LogP contribution < -0.4 is 5.32 Å². The molecule has 4 nitrogen and oxygen atoms in total. The third-order valence-corrected chi connectivity index (χ3v) is 3.92. The molecule has 0 unspecified atom stereocenters. The number of rotatable bonds is 6. The molecule has 1 aromatic carbocycles. The predicted molar refractivity (Wildman–Crippen MR) is 85.4 cm³/mol. The lowest BCUT2D eigenvalue weighted by Crippen LogP contribution is -2.26. The molecule has 1 aromatic heterocycles. The number of nitrogens with zero attached hydrogens (tertiary/aromatic N) is 1. The molecule has 0 fully saturated rings. The van der Waals surface area contributed by atoms with Crippen molar-refractivity contribution in [3.05, 3.63) is 36.0 Å². The van der Waals surface area contributed by atoms with E-state index >= 15 is 0 Å². The second-order valence-electron chi connectivity index (χ2n) is 6.35. The van der Waals surface area contributed by atoms with Gasteiger partial charge in [-0.1, -0.05) is 19.9 Å². The summed E-state index contributed by atoms with van der Waals surface area (Å²) < 4.78 is 2.01. The number of aliphatic hydroxyl groups is 1. The third kappa shape index (κ3) is 3.64. The highest BCUT2D eigenvalue weighted by Gasteiger charge is 2.16. The van der Waals surface area contributed by atoms with Crippen LogP contribution in [-0.4, -0.2) is 28.7 Å². The van der Waals surface area contributed by atoms with Crippen molar-refractivity contribution in [3.8, 4) is 0 Å². The Morgan fingerprint density at radius 1 is 1.33 bits per heavy atom. The first-order valence-corrected chi connectivity index (χ1v) is 7.38. The first-order valence-electron chi connectivity index (χ1n) is 7.38. The van der Waals surface area contributed by atoms with Gasteiger partial charge >= 0.3 is 0 Å². The van der Waals surface area contributed by atoms with Crippen molar-refractivity contribution >= 4 is 16.8 Å². The third-order valence-electron chi connectivity index (χ3n) is 3.92. The van der Waals surface area contributed by atoms with Gasteiger partial charge in [0, 0.05) is 42.9 Å². The van der Waals surface area contributed by atoms with Crippen molar-refractivity contribution in [1.29, 1.82) is 0 Å². The minimum absolute atomic E-state index is 0.0337. The largest absolute Gasteiger partial charge is 0.396 e. The number of aliphatic hydroxyl groups excluding tert-OH is 1. The summed E-state index contributed by atoms with van der Waals surface area (Å²) in [6.45, 7) is 4.86. The smallest absolute Gasteiger partial charge is 0.251 e. The first-order chi connectivity index (χ1) is 9.94. The molecule has 21 heavy (non-hydrogen) atoms. The van der Waals surface area contributed by atoms with Crippen LogP contribution >= 0.6 is 0 Å². The molecule has 0 aliphatic heterocycles. The highest BCUT2D eigenvalue weighted by Crippen LogP contribution is 2.21. The number of carbonyl (C=O) groups is 1. The van der Waals surface area contributed by atoms with Crippen LogP contribution in [-0.2, 0) is 7.05 Å². The van der Waals surface area contributed by atoms with Crippen LogP contribution in [0.1, 0.15) is 37.0 Å². The van der Waals surface area contributed by atoms with Crippen LogP contribution in [0.2, 0.25) is 0 Å². The Hall–Kier alpha value is -1.81. The van der Waals surface area contributed by atoms with Crippen molar-refractivity contribution in [1.82, 2.24) is 9.88 Å². The Morgan fingerprint density at radius 2 is 2.10 bits per heavy atom. The average Bonchev–Trinajstić information content (AvgIpc) is 2.85. The zero-order chi connectivity index (χ0) is 15.5. The number of hydrogen-bond donors (Lipinski definition) is 2. The quantitative estimate of drug-likeness (QED) is 0.803. The first kappa shape index (κ1) is 15.6. The van der Waals surface area contributed by atoms with Crippen molar-refractivity contribution in [3.63, 3.8) is 0 Å². The minimum atomic E-state index is -0.0792. The van der Waals surface area contributed by atoms with Gasteiger partial charge in [-0.25, -0.2) is 0 Å². The summed E-state index contributed by atoms with van der Waals surface area (Å²) in [5, 5.41) is 13.2. The van der Waals surface area contributed by atoms with E-state index in [0.29, 0.717) is 6.54 Å². The van der Waals surface area contributed by atoms with E-state index in [-0.39, 0.29) is 17.9 Å². The van der Waals surface area contributed by atoms with E-state index in [1.165, 1.54) is 0 Å². The second-order valence-corrected chi connectivity index (χ2v) is 6.35. The molecule has 0 radical (unpaired) electrons. The number of carbonyl (C=O) groups excluding carboxylic acids is 1. The second kappa shape index (κ2) is 6.31. The SMILES string of the molecule is Cn1ccc2c(C(=O)NCCCC(C)(C)CO)cccc21. The number of hydrogen-bond acceptors (Lipinski definition) is 2. The summed E-state index contributed by atoms with van der Waals surface area (Å²) >= 11 is 0. The molecule has 1 heterocycles. The van der Waals surface area contributed by atoms with Crippen LogP contribution in [0.5, 0.6) is 0 Å². The summed E-state index contributed by atoms with van der Waals surface area (Å²) in [5.74, 6) is -0.0337. The van der Waals surface area contributed by atoms with Gasteiger partial charge in [0.05, 0.1) is 0 Å². The normalized spacial score (nSPS) is 11.8. The summed E-state index contributed by atoms with van der Waals surface area (Å²) in [6.07, 6.45) is 3.72. The van der Waals surface area contributed by atoms with Gasteiger partial charge in [-0.3, -0.25) is 4.79 Å². The van der Waals surface area contributed by atoms with Gasteiger partial charge in [0.1, 0.15) is 0 Å². The van der Waals surface area contributed by atoms with E-state index in [1.54, 1.807) is 0 Å². The molecule has 0 spiro atoms. The summed E-state index contributed by atoms with van der Waals surface area (Å²) in [4.78, 5) is 12.3. The standard InChI is InChI=1S/C17H24N2O2/c1-17(2,12-20)9-5-10-18-16(21)14-6-4-7-15-13(14)8-11-19(15)3/h4,6-8,11,20H,5,9-10,12H2,1-3H3,(H,18,21). The summed E-state index contributed by atoms with van der Waals surface area (Å²) in [5.41, 5.74) is 1.70. The van der Waals surface area contributed by atoms with E-state index < -0.39 is 0 Å². The fraction of sp³-hybridized carbons (Fsp3) is 0.471. The number of nitrogens with one attached hydrogen (secondary N) is 1. The van der Waals surface area contributed by atoms with Gasteiger partial charge in [-0.15, -0.1) is 0 Å². The van der Waals surface area contributed by atoms with Gasteiger partial charge < -0.3 is 15.0 Å². The van der Waals surface area contributed by atoms with Gasteiger partial charge in [-0.2, -0.15) is 0 Å². The molecule has 1 amide bonds. The molecule has 2 N–H and O–H groups in total. The van der Waals surface area contributed by atoms with Crippen LogP contribution in [0.3, 0.4) is 0 Å². The fourth-order valence-corrected chi connectivity index (χ4v) is 2.44. The lowest BCUT2D eigenvalue weighted by molar-refractivity contribution is 0.0950. The molecule has 0 atom stereocenters. The molecule has 0 saturated heterocycles. The molecule has 2 aromatic rings. The lowest BCUT2D eigenvalue weighted by atomic mass is 9.89. The number of benzene rings is 1. The Balaban J connectivity index is 1.97. The molecule has 0 aliphatic carbocycles. The lowest BCUT2D eigenvalue weighted by Gasteiger charge is -2.21. The minimum Gasteiger partial charge on any atom is -0.396 e. The van der Waals surface area contributed by atoms with Crippen LogP contribution in [0.15, 0.2) is 30.5 Å². The number of amides is 1. The molecule has 0 bridgehead atoms. The highest BCUT2D eigenvalue weighted by atomic mass is 16.3. The Morgan fingerprint density at radius 3 is 2.81 bits per heavy atom. The van der Waals surface area contributed by atoms with E-state index in [4.69, 9.17) is 0 Å².